The molecule has 0 aliphatic heterocycles. The van der Waals surface area contributed by atoms with E-state index in [-0.39, 0.29) is 5.69 Å². The Morgan fingerprint density at radius 1 is 1.35 bits per heavy atom. The lowest BCUT2D eigenvalue weighted by Gasteiger charge is -2.04. The number of carboxylic acids is 1. The second-order valence-corrected chi connectivity index (χ2v) is 3.76. The molecule has 88 valence electrons. The van der Waals surface area contributed by atoms with Crippen LogP contribution in [0.25, 0.3) is 5.69 Å². The summed E-state index contributed by atoms with van der Waals surface area (Å²) in [5, 5.41) is 16.4. The molecule has 2 rings (SSSR count). The Balaban J connectivity index is 2.42. The van der Waals surface area contributed by atoms with E-state index in [1.807, 2.05) is 24.3 Å². The predicted octanol–water partition coefficient (Wildman–Crippen LogP) is 1.84. The summed E-state index contributed by atoms with van der Waals surface area (Å²) in [4.78, 5) is 10.9. The topological polar surface area (TPSA) is 68.0 Å². The minimum atomic E-state index is -1.06. The van der Waals surface area contributed by atoms with E-state index >= 15 is 0 Å². The van der Waals surface area contributed by atoms with E-state index in [1.54, 1.807) is 6.92 Å². The van der Waals surface area contributed by atoms with Crippen molar-refractivity contribution in [2.45, 2.75) is 20.3 Å². The third-order valence-electron chi connectivity index (χ3n) is 2.69. The summed E-state index contributed by atoms with van der Waals surface area (Å²) >= 11 is 0. The fourth-order valence-corrected chi connectivity index (χ4v) is 1.64. The SMILES string of the molecule is CCc1ccc(-n2nnc(C(=O)O)c2C)cc1. The molecule has 0 spiro atoms. The van der Waals surface area contributed by atoms with E-state index in [2.05, 4.69) is 17.2 Å². The fraction of sp³-hybridized carbons (Fsp3) is 0.250. The van der Waals surface area contributed by atoms with Crippen molar-refractivity contribution in [2.75, 3.05) is 0 Å². The number of hydrogen-bond donors (Lipinski definition) is 1. The summed E-state index contributed by atoms with van der Waals surface area (Å²) in [7, 11) is 0. The van der Waals surface area contributed by atoms with Gasteiger partial charge in [0.2, 0.25) is 0 Å². The van der Waals surface area contributed by atoms with E-state index in [1.165, 1.54) is 10.2 Å². The monoisotopic (exact) mass is 231 g/mol. The molecule has 1 N–H and O–H groups in total. The van der Waals surface area contributed by atoms with E-state index in [4.69, 9.17) is 5.11 Å². The van der Waals surface area contributed by atoms with Gasteiger partial charge < -0.3 is 5.11 Å². The van der Waals surface area contributed by atoms with E-state index < -0.39 is 5.97 Å². The minimum Gasteiger partial charge on any atom is -0.476 e. The van der Waals surface area contributed by atoms with Crippen molar-refractivity contribution in [2.24, 2.45) is 0 Å². The van der Waals surface area contributed by atoms with Crippen molar-refractivity contribution < 1.29 is 9.90 Å². The highest BCUT2D eigenvalue weighted by atomic mass is 16.4. The van der Waals surface area contributed by atoms with Gasteiger partial charge in [0, 0.05) is 0 Å². The molecule has 5 heteroatoms. The lowest BCUT2D eigenvalue weighted by Crippen LogP contribution is -2.02. The molecule has 2 aromatic rings. The van der Waals surface area contributed by atoms with Gasteiger partial charge in [-0.05, 0) is 31.0 Å². The molecule has 0 aliphatic rings. The first kappa shape index (κ1) is 11.3. The molecule has 0 bridgehead atoms. The molecule has 1 heterocycles. The first-order chi connectivity index (χ1) is 8.13. The van der Waals surface area contributed by atoms with Gasteiger partial charge in [0.15, 0.2) is 5.69 Å². The van der Waals surface area contributed by atoms with Crippen molar-refractivity contribution in [3.63, 3.8) is 0 Å². The third-order valence-corrected chi connectivity index (χ3v) is 2.69. The van der Waals surface area contributed by atoms with Gasteiger partial charge in [0.1, 0.15) is 0 Å². The normalized spacial score (nSPS) is 10.5. The van der Waals surface area contributed by atoms with Crippen LogP contribution in [0.15, 0.2) is 24.3 Å². The highest BCUT2D eigenvalue weighted by Gasteiger charge is 2.15. The van der Waals surface area contributed by atoms with Gasteiger partial charge in [-0.15, -0.1) is 5.10 Å². The van der Waals surface area contributed by atoms with Crippen molar-refractivity contribution in [1.29, 1.82) is 0 Å². The Morgan fingerprint density at radius 2 is 2.00 bits per heavy atom. The summed E-state index contributed by atoms with van der Waals surface area (Å²) in [6.45, 7) is 3.77. The van der Waals surface area contributed by atoms with Crippen LogP contribution in [0, 0.1) is 6.92 Å². The number of nitrogens with zero attached hydrogens (tertiary/aromatic N) is 3. The van der Waals surface area contributed by atoms with Gasteiger partial charge in [-0.3, -0.25) is 0 Å². The molecular formula is C12H13N3O2. The Labute approximate surface area is 98.7 Å². The average Bonchev–Trinajstić information content (AvgIpc) is 2.71. The summed E-state index contributed by atoms with van der Waals surface area (Å²) in [6, 6.07) is 7.81. The molecule has 0 saturated heterocycles. The maximum Gasteiger partial charge on any atom is 0.358 e. The highest BCUT2D eigenvalue weighted by Crippen LogP contribution is 2.13. The maximum absolute atomic E-state index is 10.9. The number of carbonyl (C=O) groups is 1. The summed E-state index contributed by atoms with van der Waals surface area (Å²) in [6.07, 6.45) is 0.969. The second kappa shape index (κ2) is 4.37. The van der Waals surface area contributed by atoms with Crippen molar-refractivity contribution in [3.8, 4) is 5.69 Å². The molecular weight excluding hydrogens is 218 g/mol. The zero-order valence-corrected chi connectivity index (χ0v) is 9.71. The molecule has 0 unspecified atom stereocenters. The highest BCUT2D eigenvalue weighted by molar-refractivity contribution is 5.86. The number of rotatable bonds is 3. The van der Waals surface area contributed by atoms with Crippen molar-refractivity contribution in [3.05, 3.63) is 41.2 Å². The van der Waals surface area contributed by atoms with Gasteiger partial charge in [-0.1, -0.05) is 24.3 Å². The van der Waals surface area contributed by atoms with E-state index in [0.29, 0.717) is 5.69 Å². The van der Waals surface area contributed by atoms with Crippen LogP contribution in [0.5, 0.6) is 0 Å². The molecule has 0 amide bonds. The van der Waals surface area contributed by atoms with Crippen LogP contribution in [0.1, 0.15) is 28.7 Å². The van der Waals surface area contributed by atoms with Gasteiger partial charge >= 0.3 is 5.97 Å². The van der Waals surface area contributed by atoms with Crippen LogP contribution in [-0.4, -0.2) is 26.1 Å². The molecule has 5 nitrogen and oxygen atoms in total. The lowest BCUT2D eigenvalue weighted by atomic mass is 10.1. The molecule has 1 aromatic heterocycles. The zero-order valence-electron chi connectivity index (χ0n) is 9.71. The van der Waals surface area contributed by atoms with Crippen molar-refractivity contribution >= 4 is 5.97 Å². The second-order valence-electron chi connectivity index (χ2n) is 3.76. The number of aryl methyl sites for hydroxylation is 1. The van der Waals surface area contributed by atoms with E-state index in [0.717, 1.165) is 12.1 Å². The molecule has 1 aromatic carbocycles. The Kier molecular flexibility index (Phi) is 2.91. The van der Waals surface area contributed by atoms with Crippen LogP contribution in [-0.2, 0) is 6.42 Å². The number of carboxylic acid groups (broad SMARTS) is 1. The third kappa shape index (κ3) is 2.04. The Morgan fingerprint density at radius 3 is 2.47 bits per heavy atom. The van der Waals surface area contributed by atoms with Gasteiger partial charge in [0.05, 0.1) is 11.4 Å². The van der Waals surface area contributed by atoms with Crippen LogP contribution < -0.4 is 0 Å². The van der Waals surface area contributed by atoms with E-state index in [9.17, 15) is 4.79 Å². The predicted molar refractivity (Wildman–Crippen MR) is 62.4 cm³/mol. The minimum absolute atomic E-state index is 0.00966. The Hall–Kier alpha value is -2.17. The average molecular weight is 231 g/mol. The first-order valence-electron chi connectivity index (χ1n) is 5.38. The molecule has 0 atom stereocenters. The standard InChI is InChI=1S/C12H13N3O2/c1-3-9-4-6-10(7-5-9)15-8(2)11(12(16)17)13-14-15/h4-7H,3H2,1-2H3,(H,16,17). The zero-order chi connectivity index (χ0) is 12.4. The van der Waals surface area contributed by atoms with Crippen LogP contribution in [0.4, 0.5) is 0 Å². The number of benzene rings is 1. The molecule has 17 heavy (non-hydrogen) atoms. The first-order valence-corrected chi connectivity index (χ1v) is 5.38. The summed E-state index contributed by atoms with van der Waals surface area (Å²) in [5.41, 5.74) is 2.57. The molecule has 0 radical (unpaired) electrons. The van der Waals surface area contributed by atoms with Gasteiger partial charge in [0.25, 0.3) is 0 Å². The van der Waals surface area contributed by atoms with Gasteiger partial charge in [-0.25, -0.2) is 9.48 Å². The van der Waals surface area contributed by atoms with Gasteiger partial charge in [-0.2, -0.15) is 0 Å². The number of aromatic nitrogens is 3. The largest absolute Gasteiger partial charge is 0.476 e. The Bertz CT molecular complexity index is 543. The quantitative estimate of drug-likeness (QED) is 0.875. The van der Waals surface area contributed by atoms with Crippen LogP contribution in [0.2, 0.25) is 0 Å². The number of aromatic carboxylic acids is 1. The summed E-state index contributed by atoms with van der Waals surface area (Å²) < 4.78 is 1.53. The smallest absolute Gasteiger partial charge is 0.358 e. The van der Waals surface area contributed by atoms with Crippen LogP contribution >= 0.6 is 0 Å². The van der Waals surface area contributed by atoms with Crippen molar-refractivity contribution in [1.82, 2.24) is 15.0 Å². The maximum atomic E-state index is 10.9. The number of hydrogen-bond acceptors (Lipinski definition) is 3. The lowest BCUT2D eigenvalue weighted by molar-refractivity contribution is 0.0689. The summed E-state index contributed by atoms with van der Waals surface area (Å²) in [5.74, 6) is -1.06. The van der Waals surface area contributed by atoms with Crippen LogP contribution in [0.3, 0.4) is 0 Å². The fourth-order valence-electron chi connectivity index (χ4n) is 1.64. The molecule has 0 saturated carbocycles. The molecule has 0 aliphatic carbocycles. The molecule has 0 fully saturated rings.